The number of nitrogens with one attached hydrogen (secondary N) is 2. The van der Waals surface area contributed by atoms with Gasteiger partial charge in [-0.1, -0.05) is 72.3 Å². The van der Waals surface area contributed by atoms with Crippen LogP contribution in [0.15, 0.2) is 84.0 Å². The van der Waals surface area contributed by atoms with Crippen molar-refractivity contribution in [1.82, 2.24) is 10.7 Å². The number of carbonyl (C=O) groups is 2. The molecule has 6 nitrogen and oxygen atoms in total. The number of rotatable bonds is 8. The molecule has 0 aliphatic carbocycles. The van der Waals surface area contributed by atoms with E-state index < -0.39 is 11.8 Å². The number of benzene rings is 3. The van der Waals surface area contributed by atoms with Gasteiger partial charge in [0.1, 0.15) is 17.2 Å². The van der Waals surface area contributed by atoms with Crippen molar-refractivity contribution >= 4 is 51.1 Å². The molecule has 4 aromatic rings. The van der Waals surface area contributed by atoms with Gasteiger partial charge in [0.25, 0.3) is 11.8 Å². The van der Waals surface area contributed by atoms with Crippen molar-refractivity contribution in [2.75, 3.05) is 6.54 Å². The summed E-state index contributed by atoms with van der Waals surface area (Å²) in [6.07, 6.45) is 1.50. The first-order chi connectivity index (χ1) is 16.1. The number of nitrogens with zero attached hydrogens (tertiary/aromatic N) is 1. The Morgan fingerprint density at radius 3 is 2.52 bits per heavy atom. The molecule has 0 spiro atoms. The lowest BCUT2D eigenvalue weighted by Gasteiger charge is -2.09. The van der Waals surface area contributed by atoms with E-state index in [1.165, 1.54) is 17.6 Å². The summed E-state index contributed by atoms with van der Waals surface area (Å²) in [5.74, 6) is -0.216. The lowest BCUT2D eigenvalue weighted by molar-refractivity contribution is -0.120. The molecule has 2 N–H and O–H groups in total. The zero-order chi connectivity index (χ0) is 23.0. The third kappa shape index (κ3) is 5.77. The van der Waals surface area contributed by atoms with Crippen LogP contribution in [0.5, 0.6) is 5.75 Å². The average molecular weight is 478 g/mol. The molecular weight excluding hydrogens is 458 g/mol. The van der Waals surface area contributed by atoms with Crippen LogP contribution in [-0.2, 0) is 11.4 Å². The summed E-state index contributed by atoms with van der Waals surface area (Å²) in [5, 5.41) is 7.76. The van der Waals surface area contributed by atoms with Crippen LogP contribution in [-0.4, -0.2) is 24.6 Å². The minimum absolute atomic E-state index is 0.229. The third-order valence-corrected chi connectivity index (χ3v) is 6.37. The van der Waals surface area contributed by atoms with Gasteiger partial charge in [-0.05, 0) is 23.8 Å². The average Bonchev–Trinajstić information content (AvgIpc) is 3.19. The second-order valence-electron chi connectivity index (χ2n) is 7.03. The van der Waals surface area contributed by atoms with E-state index in [4.69, 9.17) is 16.3 Å². The number of para-hydroxylation sites is 1. The number of hydrogen-bond acceptors (Lipinski definition) is 5. The van der Waals surface area contributed by atoms with Crippen molar-refractivity contribution in [3.05, 3.63) is 99.9 Å². The molecule has 33 heavy (non-hydrogen) atoms. The molecule has 0 aliphatic rings. The van der Waals surface area contributed by atoms with Crippen LogP contribution >= 0.6 is 22.9 Å². The Bertz CT molecular complexity index is 1300. The number of ether oxygens (including phenoxy) is 1. The first-order valence-corrected chi connectivity index (χ1v) is 11.3. The SMILES string of the molecule is O=C(CNC(=O)c1sc2ccccc2c1Cl)NN=Cc1ccccc1OCc1ccccc1. The molecule has 8 heteroatoms. The summed E-state index contributed by atoms with van der Waals surface area (Å²) < 4.78 is 6.78. The monoisotopic (exact) mass is 477 g/mol. The van der Waals surface area contributed by atoms with Gasteiger partial charge >= 0.3 is 0 Å². The van der Waals surface area contributed by atoms with Gasteiger partial charge in [0.2, 0.25) is 0 Å². The second-order valence-corrected chi connectivity index (χ2v) is 8.46. The zero-order valence-corrected chi connectivity index (χ0v) is 19.0. The van der Waals surface area contributed by atoms with Crippen molar-refractivity contribution in [2.24, 2.45) is 5.10 Å². The van der Waals surface area contributed by atoms with Crippen LogP contribution in [0.1, 0.15) is 20.8 Å². The Balaban J connectivity index is 1.30. The predicted octanol–water partition coefficient (Wildman–Crippen LogP) is 5.01. The fraction of sp³-hybridized carbons (Fsp3) is 0.0800. The molecule has 0 saturated heterocycles. The fourth-order valence-corrected chi connectivity index (χ4v) is 4.50. The molecule has 4 rings (SSSR count). The molecule has 0 atom stereocenters. The van der Waals surface area contributed by atoms with E-state index >= 15 is 0 Å². The number of amides is 2. The van der Waals surface area contributed by atoms with Gasteiger partial charge in [-0.25, -0.2) is 5.43 Å². The minimum atomic E-state index is -0.459. The Morgan fingerprint density at radius 1 is 0.970 bits per heavy atom. The molecule has 0 unspecified atom stereocenters. The highest BCUT2D eigenvalue weighted by Crippen LogP contribution is 2.34. The normalized spacial score (nSPS) is 10.9. The lowest BCUT2D eigenvalue weighted by Crippen LogP contribution is -2.34. The van der Waals surface area contributed by atoms with Crippen LogP contribution in [0.2, 0.25) is 5.02 Å². The highest BCUT2D eigenvalue weighted by Gasteiger charge is 2.17. The zero-order valence-electron chi connectivity index (χ0n) is 17.5. The van der Waals surface area contributed by atoms with Crippen LogP contribution in [0.3, 0.4) is 0 Å². The molecule has 0 saturated carbocycles. The molecule has 0 aliphatic heterocycles. The van der Waals surface area contributed by atoms with Crippen LogP contribution in [0.4, 0.5) is 0 Å². The van der Waals surface area contributed by atoms with Crippen molar-refractivity contribution in [3.8, 4) is 5.75 Å². The lowest BCUT2D eigenvalue weighted by atomic mass is 10.2. The molecule has 2 amide bonds. The molecule has 0 fully saturated rings. The van der Waals surface area contributed by atoms with Gasteiger partial charge in [-0.3, -0.25) is 9.59 Å². The Labute approximate surface area is 199 Å². The maximum Gasteiger partial charge on any atom is 0.263 e. The van der Waals surface area contributed by atoms with Gasteiger partial charge in [0.15, 0.2) is 0 Å². The van der Waals surface area contributed by atoms with Gasteiger partial charge < -0.3 is 10.1 Å². The van der Waals surface area contributed by atoms with Crippen LogP contribution in [0.25, 0.3) is 10.1 Å². The van der Waals surface area contributed by atoms with Gasteiger partial charge in [-0.15, -0.1) is 11.3 Å². The fourth-order valence-electron chi connectivity index (χ4n) is 3.07. The van der Waals surface area contributed by atoms with Crippen molar-refractivity contribution in [3.63, 3.8) is 0 Å². The summed E-state index contributed by atoms with van der Waals surface area (Å²) in [6, 6.07) is 24.7. The van der Waals surface area contributed by atoms with E-state index in [-0.39, 0.29) is 6.54 Å². The maximum atomic E-state index is 12.4. The molecule has 0 bridgehead atoms. The van der Waals surface area contributed by atoms with Crippen molar-refractivity contribution in [2.45, 2.75) is 6.61 Å². The molecule has 3 aromatic carbocycles. The number of carbonyl (C=O) groups excluding carboxylic acids is 2. The van der Waals surface area contributed by atoms with E-state index in [1.807, 2.05) is 78.9 Å². The summed E-state index contributed by atoms with van der Waals surface area (Å²) in [4.78, 5) is 24.9. The number of hydrogen-bond donors (Lipinski definition) is 2. The van der Waals surface area contributed by atoms with E-state index in [0.29, 0.717) is 22.3 Å². The molecular formula is C25H20ClN3O3S. The summed E-state index contributed by atoms with van der Waals surface area (Å²) in [7, 11) is 0. The first kappa shape index (κ1) is 22.5. The molecule has 1 aromatic heterocycles. The Hall–Kier alpha value is -3.68. The topological polar surface area (TPSA) is 79.8 Å². The summed E-state index contributed by atoms with van der Waals surface area (Å²) >= 11 is 7.60. The van der Waals surface area contributed by atoms with E-state index in [9.17, 15) is 9.59 Å². The number of thiophene rings is 1. The van der Waals surface area contributed by atoms with Gasteiger partial charge in [-0.2, -0.15) is 5.10 Å². The maximum absolute atomic E-state index is 12.4. The summed E-state index contributed by atoms with van der Waals surface area (Å²) in [5.41, 5.74) is 4.18. The molecule has 166 valence electrons. The van der Waals surface area contributed by atoms with Crippen molar-refractivity contribution < 1.29 is 14.3 Å². The molecule has 0 radical (unpaired) electrons. The highest BCUT2D eigenvalue weighted by atomic mass is 35.5. The van der Waals surface area contributed by atoms with Gasteiger partial charge in [0, 0.05) is 15.6 Å². The third-order valence-electron chi connectivity index (χ3n) is 4.70. The number of halogens is 1. The van der Waals surface area contributed by atoms with Crippen LogP contribution in [0, 0.1) is 0 Å². The first-order valence-electron chi connectivity index (χ1n) is 10.1. The second kappa shape index (κ2) is 10.8. The quantitative estimate of drug-likeness (QED) is 0.276. The molecule has 1 heterocycles. The minimum Gasteiger partial charge on any atom is -0.488 e. The standard InChI is InChI=1S/C25H20ClN3O3S/c26-23-19-11-5-7-13-21(19)33-24(23)25(31)27-15-22(30)29-28-14-18-10-4-6-12-20(18)32-16-17-8-2-1-3-9-17/h1-14H,15-16H2,(H,27,31)(H,29,30). The van der Waals surface area contributed by atoms with Gasteiger partial charge in [0.05, 0.1) is 17.8 Å². The largest absolute Gasteiger partial charge is 0.488 e. The van der Waals surface area contributed by atoms with Crippen LogP contribution < -0.4 is 15.5 Å². The van der Waals surface area contributed by atoms with E-state index in [0.717, 1.165) is 21.2 Å². The predicted molar refractivity (Wildman–Crippen MR) is 132 cm³/mol. The van der Waals surface area contributed by atoms with Crippen molar-refractivity contribution in [1.29, 1.82) is 0 Å². The van der Waals surface area contributed by atoms with E-state index in [2.05, 4.69) is 15.8 Å². The number of hydrazone groups is 1. The Morgan fingerprint density at radius 2 is 1.70 bits per heavy atom. The summed E-state index contributed by atoms with van der Waals surface area (Å²) in [6.45, 7) is 0.192. The smallest absolute Gasteiger partial charge is 0.263 e. The Kier molecular flexibility index (Phi) is 7.34. The van der Waals surface area contributed by atoms with E-state index in [1.54, 1.807) is 0 Å². The number of fused-ring (bicyclic) bond motifs is 1. The highest BCUT2D eigenvalue weighted by molar-refractivity contribution is 7.21.